The third-order valence-electron chi connectivity index (χ3n) is 4.23. The van der Waals surface area contributed by atoms with Crippen molar-refractivity contribution >= 4 is 34.5 Å². The second-order valence-corrected chi connectivity index (χ2v) is 7.36. The van der Waals surface area contributed by atoms with Gasteiger partial charge in [0.25, 0.3) is 5.91 Å². The standard InChI is InChI=1S/C18H19ClN4OS/c1-9-7-6-8-14(10(9)2)21-17(24)16-12(4)20-18(25-16)23-13(5)15(19)11(3)22-23/h6-8H,1-5H3,(H,21,24). The Balaban J connectivity index is 1.93. The monoisotopic (exact) mass is 374 g/mol. The smallest absolute Gasteiger partial charge is 0.267 e. The molecule has 5 nitrogen and oxygen atoms in total. The van der Waals surface area contributed by atoms with Gasteiger partial charge in [0, 0.05) is 5.69 Å². The molecule has 25 heavy (non-hydrogen) atoms. The van der Waals surface area contributed by atoms with Gasteiger partial charge >= 0.3 is 0 Å². The maximum Gasteiger partial charge on any atom is 0.267 e. The fraction of sp³-hybridized carbons (Fsp3) is 0.278. The number of thiazole rings is 1. The molecule has 0 aliphatic rings. The van der Waals surface area contributed by atoms with E-state index in [1.807, 2.05) is 52.8 Å². The highest BCUT2D eigenvalue weighted by Gasteiger charge is 2.20. The van der Waals surface area contributed by atoms with E-state index in [4.69, 9.17) is 11.6 Å². The van der Waals surface area contributed by atoms with Gasteiger partial charge in [-0.05, 0) is 51.8 Å². The molecule has 0 spiro atoms. The molecular weight excluding hydrogens is 356 g/mol. The summed E-state index contributed by atoms with van der Waals surface area (Å²) in [5.74, 6) is -0.164. The maximum absolute atomic E-state index is 12.7. The third-order valence-corrected chi connectivity index (χ3v) is 5.91. The van der Waals surface area contributed by atoms with Crippen molar-refractivity contribution in [3.63, 3.8) is 0 Å². The quantitative estimate of drug-likeness (QED) is 0.717. The molecule has 0 aliphatic carbocycles. The Hall–Kier alpha value is -2.18. The summed E-state index contributed by atoms with van der Waals surface area (Å²) in [7, 11) is 0. The van der Waals surface area contributed by atoms with Crippen LogP contribution < -0.4 is 5.32 Å². The normalized spacial score (nSPS) is 11.0. The number of carbonyl (C=O) groups excluding carboxylic acids is 1. The molecule has 0 aliphatic heterocycles. The average molecular weight is 375 g/mol. The maximum atomic E-state index is 12.7. The Labute approximate surface area is 155 Å². The van der Waals surface area contributed by atoms with Crippen molar-refractivity contribution < 1.29 is 4.79 Å². The number of rotatable bonds is 3. The van der Waals surface area contributed by atoms with E-state index in [0.29, 0.717) is 20.7 Å². The molecular formula is C18H19ClN4OS. The minimum atomic E-state index is -0.164. The molecule has 3 aromatic rings. The first kappa shape index (κ1) is 17.6. The Morgan fingerprint density at radius 2 is 1.88 bits per heavy atom. The van der Waals surface area contributed by atoms with E-state index in [-0.39, 0.29) is 5.91 Å². The number of nitrogens with zero attached hydrogens (tertiary/aromatic N) is 3. The van der Waals surface area contributed by atoms with Gasteiger partial charge in [-0.3, -0.25) is 4.79 Å². The lowest BCUT2D eigenvalue weighted by Crippen LogP contribution is -2.12. The largest absolute Gasteiger partial charge is 0.321 e. The lowest BCUT2D eigenvalue weighted by atomic mass is 10.1. The number of halogens is 1. The summed E-state index contributed by atoms with van der Waals surface area (Å²) in [6.45, 7) is 9.57. The molecule has 0 saturated carbocycles. The van der Waals surface area contributed by atoms with Crippen molar-refractivity contribution in [3.8, 4) is 5.13 Å². The number of benzene rings is 1. The van der Waals surface area contributed by atoms with E-state index in [2.05, 4.69) is 15.4 Å². The number of nitrogens with one attached hydrogen (secondary N) is 1. The van der Waals surface area contributed by atoms with Crippen LogP contribution >= 0.6 is 22.9 Å². The molecule has 0 saturated heterocycles. The summed E-state index contributed by atoms with van der Waals surface area (Å²) in [4.78, 5) is 17.8. The highest BCUT2D eigenvalue weighted by molar-refractivity contribution is 7.16. The van der Waals surface area contributed by atoms with E-state index in [0.717, 1.165) is 28.2 Å². The van der Waals surface area contributed by atoms with Gasteiger partial charge in [-0.1, -0.05) is 35.1 Å². The molecule has 1 N–H and O–H groups in total. The number of hydrogen-bond donors (Lipinski definition) is 1. The number of aryl methyl sites for hydroxylation is 3. The molecule has 1 amide bonds. The van der Waals surface area contributed by atoms with Crippen LogP contribution in [-0.4, -0.2) is 20.7 Å². The van der Waals surface area contributed by atoms with E-state index in [9.17, 15) is 4.79 Å². The SMILES string of the molecule is Cc1cccc(NC(=O)c2sc(-n3nc(C)c(Cl)c3C)nc2C)c1C. The fourth-order valence-corrected chi connectivity index (χ4v) is 3.64. The number of amides is 1. The topological polar surface area (TPSA) is 59.8 Å². The van der Waals surface area contributed by atoms with Gasteiger partial charge in [0.1, 0.15) is 4.88 Å². The average Bonchev–Trinajstić information content (AvgIpc) is 3.07. The number of hydrogen-bond acceptors (Lipinski definition) is 4. The van der Waals surface area contributed by atoms with Gasteiger partial charge in [-0.15, -0.1) is 0 Å². The predicted molar refractivity (Wildman–Crippen MR) is 102 cm³/mol. The second-order valence-electron chi connectivity index (χ2n) is 6.01. The predicted octanol–water partition coefficient (Wildman–Crippen LogP) is 4.78. The lowest BCUT2D eigenvalue weighted by molar-refractivity contribution is 0.102. The molecule has 0 unspecified atom stereocenters. The summed E-state index contributed by atoms with van der Waals surface area (Å²) in [6, 6.07) is 5.85. The minimum absolute atomic E-state index is 0.164. The van der Waals surface area contributed by atoms with Gasteiger partial charge in [0.15, 0.2) is 0 Å². The zero-order chi connectivity index (χ0) is 18.3. The molecule has 3 rings (SSSR count). The van der Waals surface area contributed by atoms with Crippen LogP contribution in [0.1, 0.15) is 37.9 Å². The van der Waals surface area contributed by atoms with Gasteiger partial charge in [0.2, 0.25) is 5.13 Å². The van der Waals surface area contributed by atoms with E-state index < -0.39 is 0 Å². The minimum Gasteiger partial charge on any atom is -0.321 e. The van der Waals surface area contributed by atoms with E-state index >= 15 is 0 Å². The highest BCUT2D eigenvalue weighted by Crippen LogP contribution is 2.28. The Kier molecular flexibility index (Phi) is 4.67. The molecule has 2 heterocycles. The van der Waals surface area contributed by atoms with Crippen LogP contribution in [0, 0.1) is 34.6 Å². The number of aromatic nitrogens is 3. The van der Waals surface area contributed by atoms with Crippen LogP contribution in [0.3, 0.4) is 0 Å². The van der Waals surface area contributed by atoms with Crippen molar-refractivity contribution in [2.24, 2.45) is 0 Å². The molecule has 7 heteroatoms. The fourth-order valence-electron chi connectivity index (χ4n) is 2.56. The molecule has 0 fully saturated rings. The van der Waals surface area contributed by atoms with Gasteiger partial charge in [-0.25, -0.2) is 9.67 Å². The summed E-state index contributed by atoms with van der Waals surface area (Å²) in [6.07, 6.45) is 0. The molecule has 0 radical (unpaired) electrons. The summed E-state index contributed by atoms with van der Waals surface area (Å²) >= 11 is 7.52. The molecule has 1 aromatic carbocycles. The van der Waals surface area contributed by atoms with E-state index in [1.54, 1.807) is 4.68 Å². The molecule has 130 valence electrons. The molecule has 2 aromatic heterocycles. The van der Waals surface area contributed by atoms with Crippen molar-refractivity contribution in [2.45, 2.75) is 34.6 Å². The van der Waals surface area contributed by atoms with Gasteiger partial charge in [0.05, 0.1) is 22.1 Å². The summed E-state index contributed by atoms with van der Waals surface area (Å²) in [5, 5.41) is 8.64. The molecule has 0 atom stereocenters. The van der Waals surface area contributed by atoms with Crippen molar-refractivity contribution in [2.75, 3.05) is 5.32 Å². The second kappa shape index (κ2) is 6.61. The first-order valence-electron chi connectivity index (χ1n) is 7.86. The van der Waals surface area contributed by atoms with Crippen LogP contribution in [0.25, 0.3) is 5.13 Å². The zero-order valence-electron chi connectivity index (χ0n) is 14.8. The summed E-state index contributed by atoms with van der Waals surface area (Å²) in [5.41, 5.74) is 5.24. The van der Waals surface area contributed by atoms with Crippen molar-refractivity contribution in [3.05, 3.63) is 56.3 Å². The number of carbonyl (C=O) groups is 1. The van der Waals surface area contributed by atoms with Crippen LogP contribution in [0.15, 0.2) is 18.2 Å². The number of anilines is 1. The lowest BCUT2D eigenvalue weighted by Gasteiger charge is -2.09. The van der Waals surface area contributed by atoms with Crippen LogP contribution in [0.4, 0.5) is 5.69 Å². The Morgan fingerprint density at radius 1 is 1.16 bits per heavy atom. The Morgan fingerprint density at radius 3 is 2.52 bits per heavy atom. The van der Waals surface area contributed by atoms with Crippen LogP contribution in [0.2, 0.25) is 5.02 Å². The van der Waals surface area contributed by atoms with Crippen LogP contribution in [-0.2, 0) is 0 Å². The van der Waals surface area contributed by atoms with Crippen molar-refractivity contribution in [1.82, 2.24) is 14.8 Å². The first-order valence-corrected chi connectivity index (χ1v) is 9.06. The summed E-state index contributed by atoms with van der Waals surface area (Å²) < 4.78 is 1.68. The van der Waals surface area contributed by atoms with E-state index in [1.165, 1.54) is 11.3 Å². The highest BCUT2D eigenvalue weighted by atomic mass is 35.5. The van der Waals surface area contributed by atoms with Gasteiger partial charge in [-0.2, -0.15) is 5.10 Å². The zero-order valence-corrected chi connectivity index (χ0v) is 16.3. The Bertz CT molecular complexity index is 974. The third kappa shape index (κ3) is 3.19. The van der Waals surface area contributed by atoms with Crippen molar-refractivity contribution in [1.29, 1.82) is 0 Å². The van der Waals surface area contributed by atoms with Gasteiger partial charge < -0.3 is 5.32 Å². The van der Waals surface area contributed by atoms with Crippen LogP contribution in [0.5, 0.6) is 0 Å². The first-order chi connectivity index (χ1) is 11.8. The molecule has 0 bridgehead atoms.